The fourth-order valence-corrected chi connectivity index (χ4v) is 3.85. The fourth-order valence-electron chi connectivity index (χ4n) is 3.65. The van der Waals surface area contributed by atoms with E-state index in [0.29, 0.717) is 23.6 Å². The summed E-state index contributed by atoms with van der Waals surface area (Å²) in [5, 5.41) is 3.45. The second-order valence-electron chi connectivity index (χ2n) is 8.18. The largest absolute Gasteiger partial charge is 0.481 e. The molecular formula is C28H30ClFN2O3. The number of benzene rings is 3. The van der Waals surface area contributed by atoms with Gasteiger partial charge in [0.2, 0.25) is 5.91 Å². The van der Waals surface area contributed by atoms with E-state index in [9.17, 15) is 14.0 Å². The molecule has 0 saturated carbocycles. The molecule has 0 aromatic heterocycles. The topological polar surface area (TPSA) is 58.6 Å². The zero-order valence-corrected chi connectivity index (χ0v) is 20.5. The first-order chi connectivity index (χ1) is 17.0. The summed E-state index contributed by atoms with van der Waals surface area (Å²) in [5.74, 6) is -1.28. The fraction of sp³-hybridized carbons (Fsp3) is 0.286. The van der Waals surface area contributed by atoms with Crippen molar-refractivity contribution in [2.75, 3.05) is 13.2 Å². The second-order valence-corrected chi connectivity index (χ2v) is 8.59. The number of rotatable bonds is 12. The summed E-state index contributed by atoms with van der Waals surface area (Å²) in [4.78, 5) is 28.3. The van der Waals surface area contributed by atoms with Crippen LogP contribution in [0.4, 0.5) is 4.39 Å². The van der Waals surface area contributed by atoms with E-state index in [-0.39, 0.29) is 18.2 Å². The van der Waals surface area contributed by atoms with E-state index in [1.54, 1.807) is 24.3 Å². The molecule has 7 heteroatoms. The van der Waals surface area contributed by atoms with Crippen LogP contribution < -0.4 is 10.1 Å². The predicted octanol–water partition coefficient (Wildman–Crippen LogP) is 5.41. The van der Waals surface area contributed by atoms with Crippen molar-refractivity contribution in [3.05, 3.63) is 101 Å². The molecule has 184 valence electrons. The van der Waals surface area contributed by atoms with E-state index >= 15 is 0 Å². The third kappa shape index (κ3) is 7.82. The van der Waals surface area contributed by atoms with E-state index in [1.807, 2.05) is 49.4 Å². The van der Waals surface area contributed by atoms with Gasteiger partial charge in [0.25, 0.3) is 5.91 Å². The normalized spacial score (nSPS) is 11.5. The quantitative estimate of drug-likeness (QED) is 0.341. The summed E-state index contributed by atoms with van der Waals surface area (Å²) in [6.45, 7) is 2.25. The third-order valence-corrected chi connectivity index (χ3v) is 5.96. The van der Waals surface area contributed by atoms with E-state index in [2.05, 4.69) is 5.32 Å². The van der Waals surface area contributed by atoms with Gasteiger partial charge in [-0.3, -0.25) is 9.59 Å². The summed E-state index contributed by atoms with van der Waals surface area (Å²) < 4.78 is 19.6. The predicted molar refractivity (Wildman–Crippen MR) is 136 cm³/mol. The van der Waals surface area contributed by atoms with Gasteiger partial charge in [-0.15, -0.1) is 0 Å². The number of amides is 2. The van der Waals surface area contributed by atoms with Gasteiger partial charge >= 0.3 is 0 Å². The Kier molecular flexibility index (Phi) is 10.1. The Labute approximate surface area is 210 Å². The van der Waals surface area contributed by atoms with Crippen molar-refractivity contribution in [2.24, 2.45) is 0 Å². The van der Waals surface area contributed by atoms with Crippen LogP contribution in [-0.4, -0.2) is 35.9 Å². The molecule has 2 amide bonds. The van der Waals surface area contributed by atoms with Crippen molar-refractivity contribution < 1.29 is 18.7 Å². The van der Waals surface area contributed by atoms with Gasteiger partial charge in [-0.05, 0) is 35.7 Å². The lowest BCUT2D eigenvalue weighted by molar-refractivity contribution is -0.142. The molecule has 3 rings (SSSR count). The Morgan fingerprint density at radius 2 is 1.69 bits per heavy atom. The lowest BCUT2D eigenvalue weighted by Gasteiger charge is -2.31. The highest BCUT2D eigenvalue weighted by molar-refractivity contribution is 6.31. The summed E-state index contributed by atoms with van der Waals surface area (Å²) >= 11 is 6.39. The summed E-state index contributed by atoms with van der Waals surface area (Å²) in [6.07, 6.45) is 2.08. The smallest absolute Gasteiger partial charge is 0.261 e. The molecule has 0 unspecified atom stereocenters. The lowest BCUT2D eigenvalue weighted by atomic mass is 10.0. The lowest BCUT2D eigenvalue weighted by Crippen LogP contribution is -2.51. The number of hydrogen-bond donors (Lipinski definition) is 1. The van der Waals surface area contributed by atoms with Gasteiger partial charge in [0.05, 0.1) is 0 Å². The van der Waals surface area contributed by atoms with E-state index < -0.39 is 24.4 Å². The Morgan fingerprint density at radius 1 is 1.00 bits per heavy atom. The molecule has 0 bridgehead atoms. The Balaban J connectivity index is 1.90. The molecule has 3 aromatic rings. The molecular weight excluding hydrogens is 467 g/mol. The number of unbranched alkanes of at least 4 members (excludes halogenated alkanes) is 1. The molecule has 3 aromatic carbocycles. The summed E-state index contributed by atoms with van der Waals surface area (Å²) in [6, 6.07) is 21.8. The van der Waals surface area contributed by atoms with Crippen LogP contribution in [0.15, 0.2) is 78.9 Å². The average Bonchev–Trinajstić information content (AvgIpc) is 2.87. The van der Waals surface area contributed by atoms with Gasteiger partial charge in [0.1, 0.15) is 6.04 Å². The van der Waals surface area contributed by atoms with Crippen molar-refractivity contribution in [1.82, 2.24) is 10.2 Å². The Bertz CT molecular complexity index is 1110. The molecule has 0 aliphatic heterocycles. The maximum Gasteiger partial charge on any atom is 0.261 e. The number of para-hydroxylation sites is 1. The van der Waals surface area contributed by atoms with Crippen molar-refractivity contribution in [3.63, 3.8) is 0 Å². The first-order valence-electron chi connectivity index (χ1n) is 11.7. The van der Waals surface area contributed by atoms with Gasteiger partial charge in [-0.25, -0.2) is 4.39 Å². The molecule has 0 aliphatic rings. The van der Waals surface area contributed by atoms with Crippen LogP contribution >= 0.6 is 11.6 Å². The zero-order valence-electron chi connectivity index (χ0n) is 19.8. The van der Waals surface area contributed by atoms with Crippen molar-refractivity contribution in [2.45, 2.75) is 38.8 Å². The second kappa shape index (κ2) is 13.5. The Morgan fingerprint density at radius 3 is 2.40 bits per heavy atom. The minimum Gasteiger partial charge on any atom is -0.481 e. The molecule has 1 N–H and O–H groups in total. The van der Waals surface area contributed by atoms with Crippen molar-refractivity contribution >= 4 is 23.4 Å². The summed E-state index contributed by atoms with van der Waals surface area (Å²) in [5.41, 5.74) is 1.61. The highest BCUT2D eigenvalue weighted by Gasteiger charge is 2.31. The first kappa shape index (κ1) is 26.2. The van der Waals surface area contributed by atoms with Crippen LogP contribution in [0.5, 0.6) is 5.75 Å². The maximum absolute atomic E-state index is 14.1. The number of nitrogens with zero attached hydrogens (tertiary/aromatic N) is 1. The number of halogens is 2. The number of carbonyl (C=O) groups is 2. The van der Waals surface area contributed by atoms with Crippen molar-refractivity contribution in [3.8, 4) is 5.75 Å². The van der Waals surface area contributed by atoms with Gasteiger partial charge in [-0.1, -0.05) is 85.6 Å². The summed E-state index contributed by atoms with van der Waals surface area (Å²) in [7, 11) is 0. The number of nitrogens with one attached hydrogen (secondary N) is 1. The molecule has 0 spiro atoms. The van der Waals surface area contributed by atoms with Crippen molar-refractivity contribution in [1.29, 1.82) is 0 Å². The van der Waals surface area contributed by atoms with Crippen LogP contribution in [0.2, 0.25) is 5.02 Å². The molecule has 0 fully saturated rings. The van der Waals surface area contributed by atoms with Gasteiger partial charge in [0.15, 0.2) is 18.2 Å². The van der Waals surface area contributed by atoms with E-state index in [1.165, 1.54) is 17.0 Å². The average molecular weight is 497 g/mol. The first-order valence-corrected chi connectivity index (χ1v) is 12.1. The maximum atomic E-state index is 14.1. The molecule has 5 nitrogen and oxygen atoms in total. The van der Waals surface area contributed by atoms with Crippen LogP contribution in [0.1, 0.15) is 30.9 Å². The zero-order chi connectivity index (χ0) is 25.0. The minimum absolute atomic E-state index is 0.0226. The molecule has 0 saturated heterocycles. The monoisotopic (exact) mass is 496 g/mol. The minimum atomic E-state index is -0.803. The molecule has 1 atom stereocenters. The van der Waals surface area contributed by atoms with Crippen LogP contribution in [-0.2, 0) is 22.6 Å². The van der Waals surface area contributed by atoms with E-state index in [4.69, 9.17) is 16.3 Å². The molecule has 0 heterocycles. The number of carbonyl (C=O) groups excluding carboxylic acids is 2. The third-order valence-electron chi connectivity index (χ3n) is 5.59. The van der Waals surface area contributed by atoms with Gasteiger partial charge in [-0.2, -0.15) is 0 Å². The van der Waals surface area contributed by atoms with Gasteiger partial charge < -0.3 is 15.0 Å². The Hall–Kier alpha value is -3.38. The van der Waals surface area contributed by atoms with E-state index in [0.717, 1.165) is 18.4 Å². The van der Waals surface area contributed by atoms with Crippen LogP contribution in [0.3, 0.4) is 0 Å². The SMILES string of the molecule is CCCCNC(=O)[C@@H](Cc1ccccc1)N(Cc1ccccc1Cl)C(=O)COc1ccccc1F. The van der Waals surface area contributed by atoms with Crippen LogP contribution in [0, 0.1) is 5.82 Å². The number of hydrogen-bond acceptors (Lipinski definition) is 3. The standard InChI is InChI=1S/C28H30ClFN2O3/c1-2-3-17-31-28(34)25(18-21-11-5-4-6-12-21)32(19-22-13-7-8-14-23(22)29)27(33)20-35-26-16-10-9-15-24(26)30/h4-16,25H,2-3,17-20H2,1H3,(H,31,34)/t25-/m1/s1. The van der Waals surface area contributed by atoms with Gasteiger partial charge in [0, 0.05) is 24.5 Å². The number of ether oxygens (including phenoxy) is 1. The molecule has 0 aliphatic carbocycles. The highest BCUT2D eigenvalue weighted by Crippen LogP contribution is 2.21. The highest BCUT2D eigenvalue weighted by atomic mass is 35.5. The molecule has 0 radical (unpaired) electrons. The molecule has 35 heavy (non-hydrogen) atoms. The van der Waals surface area contributed by atoms with Crippen LogP contribution in [0.25, 0.3) is 0 Å².